The second-order valence-electron chi connectivity index (χ2n) is 4.06. The largest absolute Gasteiger partial charge is 0.297 e. The maximum absolute atomic E-state index is 12.0. The van der Waals surface area contributed by atoms with Crippen molar-refractivity contribution in [1.82, 2.24) is 4.90 Å². The molecule has 0 spiro atoms. The maximum atomic E-state index is 12.0. The lowest BCUT2D eigenvalue weighted by molar-refractivity contribution is 0.0959. The highest BCUT2D eigenvalue weighted by Gasteiger charge is 2.36. The third-order valence-corrected chi connectivity index (χ3v) is 3.20. The van der Waals surface area contributed by atoms with E-state index < -0.39 is 6.43 Å². The van der Waals surface area contributed by atoms with Crippen molar-refractivity contribution in [3.8, 4) is 0 Å². The van der Waals surface area contributed by atoms with Crippen LogP contribution >= 0.6 is 0 Å². The number of hydrogen-bond acceptors (Lipinski definition) is 1. The van der Waals surface area contributed by atoms with Gasteiger partial charge in [-0.3, -0.25) is 4.90 Å². The Kier molecular flexibility index (Phi) is 2.31. The zero-order chi connectivity index (χ0) is 8.55. The summed E-state index contributed by atoms with van der Waals surface area (Å²) in [5, 5.41) is 0. The summed E-state index contributed by atoms with van der Waals surface area (Å²) in [6.45, 7) is 1.84. The molecule has 2 atom stereocenters. The monoisotopic (exact) mass is 175 g/mol. The Hall–Kier alpha value is -0.180. The van der Waals surface area contributed by atoms with Crippen molar-refractivity contribution in [2.45, 2.75) is 25.7 Å². The van der Waals surface area contributed by atoms with Crippen molar-refractivity contribution in [3.63, 3.8) is 0 Å². The minimum Gasteiger partial charge on any atom is -0.297 e. The highest BCUT2D eigenvalue weighted by molar-refractivity contribution is 4.88. The zero-order valence-corrected chi connectivity index (χ0v) is 7.18. The maximum Gasteiger partial charge on any atom is 0.251 e. The van der Waals surface area contributed by atoms with E-state index in [9.17, 15) is 8.78 Å². The molecule has 12 heavy (non-hydrogen) atoms. The number of alkyl halides is 2. The van der Waals surface area contributed by atoms with Crippen LogP contribution in [0.1, 0.15) is 19.3 Å². The highest BCUT2D eigenvalue weighted by atomic mass is 19.3. The quantitative estimate of drug-likeness (QED) is 0.620. The molecule has 0 aromatic heterocycles. The van der Waals surface area contributed by atoms with Crippen molar-refractivity contribution in [1.29, 1.82) is 0 Å². The number of rotatable bonds is 2. The standard InChI is InChI=1S/C9H15F2N/c10-9(11)6-12-4-7-2-1-3-8(7)5-12/h7-9H,1-6H2. The van der Waals surface area contributed by atoms with Gasteiger partial charge in [0.2, 0.25) is 0 Å². The smallest absolute Gasteiger partial charge is 0.251 e. The molecule has 0 radical (unpaired) electrons. The first-order valence-electron chi connectivity index (χ1n) is 4.76. The summed E-state index contributed by atoms with van der Waals surface area (Å²) in [6, 6.07) is 0. The van der Waals surface area contributed by atoms with Gasteiger partial charge < -0.3 is 0 Å². The molecule has 0 amide bonds. The first kappa shape index (κ1) is 8.42. The van der Waals surface area contributed by atoms with Gasteiger partial charge in [-0.2, -0.15) is 0 Å². The SMILES string of the molecule is FC(F)CN1CC2CCCC2C1. The molecule has 2 rings (SSSR count). The lowest BCUT2D eigenvalue weighted by Gasteiger charge is -2.15. The molecule has 2 unspecified atom stereocenters. The Labute approximate surface area is 71.7 Å². The van der Waals surface area contributed by atoms with Gasteiger partial charge >= 0.3 is 0 Å². The summed E-state index contributed by atoms with van der Waals surface area (Å²) in [7, 11) is 0. The Bertz CT molecular complexity index is 149. The van der Waals surface area contributed by atoms with Crippen molar-refractivity contribution in [3.05, 3.63) is 0 Å². The lowest BCUT2D eigenvalue weighted by atomic mass is 10.0. The van der Waals surface area contributed by atoms with Gasteiger partial charge in [-0.25, -0.2) is 8.78 Å². The van der Waals surface area contributed by atoms with Crippen LogP contribution < -0.4 is 0 Å². The molecule has 1 aliphatic carbocycles. The fourth-order valence-corrected chi connectivity index (χ4v) is 2.68. The number of fused-ring (bicyclic) bond motifs is 1. The molecule has 1 saturated carbocycles. The molecule has 70 valence electrons. The molecule has 1 aliphatic heterocycles. The average Bonchev–Trinajstić information content (AvgIpc) is 2.43. The predicted octanol–water partition coefficient (Wildman–Crippen LogP) is 1.98. The molecule has 1 saturated heterocycles. The third kappa shape index (κ3) is 1.60. The van der Waals surface area contributed by atoms with E-state index in [4.69, 9.17) is 0 Å². The number of halogens is 2. The number of likely N-dealkylation sites (tertiary alicyclic amines) is 1. The van der Waals surface area contributed by atoms with Crippen LogP contribution in [0.4, 0.5) is 8.78 Å². The van der Waals surface area contributed by atoms with E-state index >= 15 is 0 Å². The van der Waals surface area contributed by atoms with Gasteiger partial charge in [-0.1, -0.05) is 6.42 Å². The first-order valence-corrected chi connectivity index (χ1v) is 4.76. The second-order valence-corrected chi connectivity index (χ2v) is 4.06. The Balaban J connectivity index is 1.82. The van der Waals surface area contributed by atoms with E-state index in [1.165, 1.54) is 19.3 Å². The predicted molar refractivity (Wildman–Crippen MR) is 43.3 cm³/mol. The third-order valence-electron chi connectivity index (χ3n) is 3.20. The average molecular weight is 175 g/mol. The Morgan fingerprint density at radius 1 is 1.17 bits per heavy atom. The molecular weight excluding hydrogens is 160 g/mol. The highest BCUT2D eigenvalue weighted by Crippen LogP contribution is 2.37. The van der Waals surface area contributed by atoms with Gasteiger partial charge in [0, 0.05) is 13.1 Å². The van der Waals surface area contributed by atoms with Crippen molar-refractivity contribution in [2.75, 3.05) is 19.6 Å². The van der Waals surface area contributed by atoms with E-state index in [1.807, 2.05) is 4.90 Å². The van der Waals surface area contributed by atoms with Gasteiger partial charge in [0.25, 0.3) is 6.43 Å². The first-order chi connectivity index (χ1) is 5.75. The van der Waals surface area contributed by atoms with Crippen LogP contribution in [-0.2, 0) is 0 Å². The minimum absolute atomic E-state index is 0.00694. The summed E-state index contributed by atoms with van der Waals surface area (Å²) in [4.78, 5) is 1.93. The van der Waals surface area contributed by atoms with Crippen LogP contribution in [0.3, 0.4) is 0 Å². The molecule has 0 aromatic carbocycles. The molecule has 0 bridgehead atoms. The van der Waals surface area contributed by atoms with E-state index in [-0.39, 0.29) is 6.54 Å². The summed E-state index contributed by atoms with van der Waals surface area (Å²) in [5.74, 6) is 1.48. The fraction of sp³-hybridized carbons (Fsp3) is 1.00. The molecule has 1 nitrogen and oxygen atoms in total. The molecule has 1 heterocycles. The van der Waals surface area contributed by atoms with E-state index in [0.29, 0.717) is 0 Å². The fourth-order valence-electron chi connectivity index (χ4n) is 2.68. The van der Waals surface area contributed by atoms with E-state index in [2.05, 4.69) is 0 Å². The van der Waals surface area contributed by atoms with Gasteiger partial charge in [0.1, 0.15) is 0 Å². The lowest BCUT2D eigenvalue weighted by Crippen LogP contribution is -2.27. The molecular formula is C9H15F2N. The molecule has 0 aromatic rings. The van der Waals surface area contributed by atoms with Gasteiger partial charge in [-0.05, 0) is 24.7 Å². The summed E-state index contributed by atoms with van der Waals surface area (Å²) in [5.41, 5.74) is 0. The van der Waals surface area contributed by atoms with Crippen LogP contribution in [0.2, 0.25) is 0 Å². The van der Waals surface area contributed by atoms with Gasteiger partial charge in [0.05, 0.1) is 6.54 Å². The summed E-state index contributed by atoms with van der Waals surface area (Å²) < 4.78 is 24.0. The zero-order valence-electron chi connectivity index (χ0n) is 7.18. The molecule has 2 aliphatic rings. The Morgan fingerprint density at radius 3 is 2.25 bits per heavy atom. The Morgan fingerprint density at radius 2 is 1.75 bits per heavy atom. The van der Waals surface area contributed by atoms with E-state index in [1.54, 1.807) is 0 Å². The normalized spacial score (nSPS) is 36.2. The summed E-state index contributed by atoms with van der Waals surface area (Å²) >= 11 is 0. The topological polar surface area (TPSA) is 3.24 Å². The van der Waals surface area contributed by atoms with E-state index in [0.717, 1.165) is 24.9 Å². The van der Waals surface area contributed by atoms with Crippen LogP contribution in [0.25, 0.3) is 0 Å². The molecule has 2 fully saturated rings. The van der Waals surface area contributed by atoms with Crippen LogP contribution in [0.15, 0.2) is 0 Å². The van der Waals surface area contributed by atoms with Crippen LogP contribution in [0, 0.1) is 11.8 Å². The number of hydrogen-bond donors (Lipinski definition) is 0. The van der Waals surface area contributed by atoms with Crippen LogP contribution in [0.5, 0.6) is 0 Å². The second kappa shape index (κ2) is 3.29. The minimum atomic E-state index is -2.15. The van der Waals surface area contributed by atoms with Gasteiger partial charge in [-0.15, -0.1) is 0 Å². The summed E-state index contributed by atoms with van der Waals surface area (Å²) in [6.07, 6.45) is 1.70. The molecule has 3 heteroatoms. The number of nitrogens with zero attached hydrogens (tertiary/aromatic N) is 1. The van der Waals surface area contributed by atoms with Gasteiger partial charge in [0.15, 0.2) is 0 Å². The van der Waals surface area contributed by atoms with Crippen molar-refractivity contribution in [2.24, 2.45) is 11.8 Å². The van der Waals surface area contributed by atoms with Crippen LogP contribution in [-0.4, -0.2) is 31.0 Å². The molecule has 0 N–H and O–H groups in total. The van der Waals surface area contributed by atoms with Crippen molar-refractivity contribution < 1.29 is 8.78 Å². The van der Waals surface area contributed by atoms with Crippen molar-refractivity contribution >= 4 is 0 Å².